The third-order valence-electron chi connectivity index (χ3n) is 8.74. The van der Waals surface area contributed by atoms with Gasteiger partial charge in [0.25, 0.3) is 11.8 Å². The molecule has 3 aromatic carbocycles. The van der Waals surface area contributed by atoms with Gasteiger partial charge in [-0.15, -0.1) is 0 Å². The number of nitrogens with zero attached hydrogens (tertiary/aromatic N) is 2. The zero-order valence-electron chi connectivity index (χ0n) is 31.8. The molecule has 0 saturated heterocycles. The van der Waals surface area contributed by atoms with Gasteiger partial charge >= 0.3 is 0 Å². The van der Waals surface area contributed by atoms with Crippen LogP contribution in [0.25, 0.3) is 0 Å². The van der Waals surface area contributed by atoms with E-state index in [1.807, 2.05) is 74.5 Å². The van der Waals surface area contributed by atoms with Gasteiger partial charge in [0.05, 0.1) is 18.0 Å². The number of hydrogen-bond donors (Lipinski definition) is 5. The van der Waals surface area contributed by atoms with Crippen LogP contribution in [0.3, 0.4) is 0 Å². The van der Waals surface area contributed by atoms with E-state index in [-0.39, 0.29) is 60.6 Å². The Balaban J connectivity index is 1.94. The van der Waals surface area contributed by atoms with Crippen molar-refractivity contribution >= 4 is 45.2 Å². The molecule has 0 spiro atoms. The number of primary amides is 1. The van der Waals surface area contributed by atoms with Crippen molar-refractivity contribution in [1.82, 2.24) is 26.2 Å². The van der Waals surface area contributed by atoms with Crippen molar-refractivity contribution in [3.8, 4) is 0 Å². The molecule has 0 saturated carbocycles. The zero-order valence-corrected chi connectivity index (χ0v) is 32.6. The Hall–Kier alpha value is -5.28. The van der Waals surface area contributed by atoms with Crippen LogP contribution in [0.2, 0.25) is 0 Å². The molecular weight excluding hydrogens is 711 g/mol. The van der Waals surface area contributed by atoms with Crippen LogP contribution >= 0.6 is 0 Å². The van der Waals surface area contributed by atoms with Gasteiger partial charge in [0.2, 0.25) is 27.7 Å². The Kier molecular flexibility index (Phi) is 16.2. The minimum atomic E-state index is -3.80. The highest BCUT2D eigenvalue weighted by molar-refractivity contribution is 7.92. The molecule has 15 heteroatoms. The number of rotatable bonds is 20. The van der Waals surface area contributed by atoms with Crippen molar-refractivity contribution in [2.24, 2.45) is 11.7 Å². The average Bonchev–Trinajstić information content (AvgIpc) is 3.13. The molecule has 0 aliphatic heterocycles. The highest BCUT2D eigenvalue weighted by Gasteiger charge is 2.27. The lowest BCUT2D eigenvalue weighted by Crippen LogP contribution is -2.55. The minimum absolute atomic E-state index is 0.00545. The van der Waals surface area contributed by atoms with Gasteiger partial charge in [0, 0.05) is 56.8 Å². The number of nitrogens with one attached hydrogen (secondary N) is 4. The van der Waals surface area contributed by atoms with Crippen molar-refractivity contribution < 1.29 is 32.4 Å². The molecule has 0 radical (unpaired) electrons. The Morgan fingerprint density at radius 2 is 1.41 bits per heavy atom. The highest BCUT2D eigenvalue weighted by Crippen LogP contribution is 2.23. The second-order valence-corrected chi connectivity index (χ2v) is 15.6. The van der Waals surface area contributed by atoms with Gasteiger partial charge in [-0.1, -0.05) is 74.5 Å². The number of nitrogens with two attached hydrogens (primary N) is 1. The molecular formula is C39H53N7O7S. The molecule has 14 nitrogen and oxygen atoms in total. The van der Waals surface area contributed by atoms with Crippen molar-refractivity contribution in [3.63, 3.8) is 0 Å². The summed E-state index contributed by atoms with van der Waals surface area (Å²) in [6, 6.07) is 20.7. The number of benzene rings is 3. The average molecular weight is 764 g/mol. The molecule has 0 aromatic heterocycles. The fraction of sp³-hybridized carbons (Fsp3) is 0.410. The van der Waals surface area contributed by atoms with E-state index >= 15 is 0 Å². The molecule has 0 heterocycles. The summed E-state index contributed by atoms with van der Waals surface area (Å²) >= 11 is 0. The number of carbonyl (C=O) groups excluding carboxylic acids is 5. The van der Waals surface area contributed by atoms with E-state index in [1.54, 1.807) is 13.8 Å². The summed E-state index contributed by atoms with van der Waals surface area (Å²) in [4.78, 5) is 67.0. The molecule has 292 valence electrons. The number of carbonyl (C=O) groups is 5. The SMILES string of the molecule is CCNC(=O)[C@@H](NC(=O)[C@H](C)NC[C@H](Cc1ccccc1)NC(=O)c1cc(C(=O)N(CCC(N)=O)Cc2ccccc2)cc(N(C)S(C)(=O)=O)c1)C(C)C. The molecule has 3 aromatic rings. The largest absolute Gasteiger partial charge is 0.370 e. The van der Waals surface area contributed by atoms with Crippen LogP contribution in [-0.2, 0) is 37.4 Å². The summed E-state index contributed by atoms with van der Waals surface area (Å²) < 4.78 is 26.2. The van der Waals surface area contributed by atoms with Crippen LogP contribution < -0.4 is 31.3 Å². The van der Waals surface area contributed by atoms with Crippen LogP contribution in [0.4, 0.5) is 5.69 Å². The van der Waals surface area contributed by atoms with Gasteiger partial charge in [0.15, 0.2) is 0 Å². The van der Waals surface area contributed by atoms with E-state index in [4.69, 9.17) is 5.73 Å². The lowest BCUT2D eigenvalue weighted by molar-refractivity contribution is -0.130. The van der Waals surface area contributed by atoms with Crippen LogP contribution in [0.15, 0.2) is 78.9 Å². The normalized spacial score (nSPS) is 12.9. The summed E-state index contributed by atoms with van der Waals surface area (Å²) in [5.74, 6) is -2.54. The predicted molar refractivity (Wildman–Crippen MR) is 209 cm³/mol. The first kappa shape index (κ1) is 43.1. The molecule has 0 aliphatic carbocycles. The third-order valence-corrected chi connectivity index (χ3v) is 9.95. The maximum absolute atomic E-state index is 14.1. The molecule has 0 fully saturated rings. The number of hydrogen-bond acceptors (Lipinski definition) is 8. The van der Waals surface area contributed by atoms with E-state index in [9.17, 15) is 32.4 Å². The van der Waals surface area contributed by atoms with Crippen LogP contribution in [0.1, 0.15) is 66.0 Å². The fourth-order valence-electron chi connectivity index (χ4n) is 5.57. The van der Waals surface area contributed by atoms with Gasteiger partial charge in [-0.3, -0.25) is 28.3 Å². The number of amides is 5. The van der Waals surface area contributed by atoms with Crippen molar-refractivity contribution in [2.75, 3.05) is 37.2 Å². The Labute approximate surface area is 318 Å². The fourth-order valence-corrected chi connectivity index (χ4v) is 6.06. The summed E-state index contributed by atoms with van der Waals surface area (Å²) in [6.07, 6.45) is 1.27. The van der Waals surface area contributed by atoms with Crippen LogP contribution in [0, 0.1) is 5.92 Å². The van der Waals surface area contributed by atoms with E-state index in [0.29, 0.717) is 13.0 Å². The van der Waals surface area contributed by atoms with Gasteiger partial charge in [-0.05, 0) is 55.5 Å². The smallest absolute Gasteiger partial charge is 0.254 e. The Morgan fingerprint density at radius 1 is 0.815 bits per heavy atom. The van der Waals surface area contributed by atoms with E-state index < -0.39 is 45.9 Å². The van der Waals surface area contributed by atoms with Crippen molar-refractivity contribution in [2.45, 2.75) is 65.2 Å². The first-order valence-electron chi connectivity index (χ1n) is 17.9. The first-order valence-corrected chi connectivity index (χ1v) is 19.7. The molecule has 54 heavy (non-hydrogen) atoms. The monoisotopic (exact) mass is 763 g/mol. The molecule has 0 aliphatic rings. The summed E-state index contributed by atoms with van der Waals surface area (Å²) in [6.45, 7) is 7.85. The summed E-state index contributed by atoms with van der Waals surface area (Å²) in [5, 5.41) is 11.7. The van der Waals surface area contributed by atoms with E-state index in [2.05, 4.69) is 21.3 Å². The predicted octanol–water partition coefficient (Wildman–Crippen LogP) is 2.20. The number of anilines is 1. The van der Waals surface area contributed by atoms with Gasteiger partial charge in [-0.2, -0.15) is 0 Å². The quantitative estimate of drug-likeness (QED) is 0.115. The van der Waals surface area contributed by atoms with Crippen LogP contribution in [0.5, 0.6) is 0 Å². The van der Waals surface area contributed by atoms with Gasteiger partial charge in [-0.25, -0.2) is 8.42 Å². The molecule has 6 N–H and O–H groups in total. The van der Waals surface area contributed by atoms with Crippen molar-refractivity contribution in [3.05, 3.63) is 101 Å². The topological polar surface area (TPSA) is 200 Å². The first-order chi connectivity index (χ1) is 25.5. The standard InChI is InChI=1S/C39H53N7O7S/c1-7-41-38(50)35(26(2)3)44-36(48)27(4)42-24-32(20-28-14-10-8-11-15-28)43-37(49)30-21-31(23-33(22-30)45(5)54(6,52)53)39(51)46(19-18-34(40)47)25-29-16-12-9-13-17-29/h8-17,21-23,26-27,32,35,42H,7,18-20,24-25H2,1-6H3,(H2,40,47)(H,41,50)(H,43,49)(H,44,48)/t27-,32-,35-/m0/s1. The lowest BCUT2D eigenvalue weighted by Gasteiger charge is -2.26. The minimum Gasteiger partial charge on any atom is -0.370 e. The second kappa shape index (κ2) is 20.3. The maximum atomic E-state index is 14.1. The second-order valence-electron chi connectivity index (χ2n) is 13.5. The molecule has 0 bridgehead atoms. The van der Waals surface area contributed by atoms with Crippen LogP contribution in [-0.4, -0.2) is 93.9 Å². The Bertz CT molecular complexity index is 1860. The summed E-state index contributed by atoms with van der Waals surface area (Å²) in [5.41, 5.74) is 7.25. The maximum Gasteiger partial charge on any atom is 0.254 e. The molecule has 5 amide bonds. The van der Waals surface area contributed by atoms with Gasteiger partial charge in [0.1, 0.15) is 6.04 Å². The summed E-state index contributed by atoms with van der Waals surface area (Å²) in [7, 11) is -2.48. The molecule has 0 unspecified atom stereocenters. The van der Waals surface area contributed by atoms with E-state index in [0.717, 1.165) is 21.7 Å². The zero-order chi connectivity index (χ0) is 40.0. The van der Waals surface area contributed by atoms with Gasteiger partial charge < -0.3 is 31.9 Å². The number of likely N-dealkylation sites (N-methyl/N-ethyl adjacent to an activating group) is 1. The number of sulfonamides is 1. The third kappa shape index (κ3) is 13.3. The highest BCUT2D eigenvalue weighted by atomic mass is 32.2. The lowest BCUT2D eigenvalue weighted by atomic mass is 10.0. The molecule has 3 atom stereocenters. The Morgan fingerprint density at radius 3 is 1.96 bits per heavy atom. The van der Waals surface area contributed by atoms with E-state index in [1.165, 1.54) is 30.1 Å². The van der Waals surface area contributed by atoms with Crippen molar-refractivity contribution in [1.29, 1.82) is 0 Å². The molecule has 3 rings (SSSR count).